The average Bonchev–Trinajstić information content (AvgIpc) is 2.63. The van der Waals surface area contributed by atoms with Crippen LogP contribution in [0.3, 0.4) is 0 Å². The van der Waals surface area contributed by atoms with Gasteiger partial charge in [0, 0.05) is 6.04 Å². The van der Waals surface area contributed by atoms with E-state index in [9.17, 15) is 0 Å². The molecule has 1 heterocycles. The van der Waals surface area contributed by atoms with Gasteiger partial charge >= 0.3 is 12.0 Å². The first kappa shape index (κ1) is 11.3. The van der Waals surface area contributed by atoms with Crippen molar-refractivity contribution in [1.82, 2.24) is 15.0 Å². The summed E-state index contributed by atoms with van der Waals surface area (Å²) in [5.74, 6) is 0. The van der Waals surface area contributed by atoms with Crippen molar-refractivity contribution in [3.8, 4) is 12.0 Å². The molecule has 2 unspecified atom stereocenters. The Kier molecular flexibility index (Phi) is 3.40. The van der Waals surface area contributed by atoms with Crippen molar-refractivity contribution in [2.75, 3.05) is 7.11 Å². The third kappa shape index (κ3) is 2.51. The molecule has 7 heteroatoms. The summed E-state index contributed by atoms with van der Waals surface area (Å²) in [5.41, 5.74) is 5.88. The van der Waals surface area contributed by atoms with E-state index in [1.54, 1.807) is 0 Å². The van der Waals surface area contributed by atoms with Crippen LogP contribution in [0.25, 0.3) is 0 Å². The zero-order valence-corrected chi connectivity index (χ0v) is 9.65. The molecule has 0 bridgehead atoms. The summed E-state index contributed by atoms with van der Waals surface area (Å²) in [5, 5.41) is 0.0495. The van der Waals surface area contributed by atoms with Crippen LogP contribution in [0, 0.1) is 0 Å². The molecule has 6 nitrogen and oxygen atoms in total. The molecule has 88 valence electrons. The Bertz CT molecular complexity index is 377. The first-order chi connectivity index (χ1) is 7.69. The molecule has 1 fully saturated rings. The van der Waals surface area contributed by atoms with Crippen LogP contribution in [0.1, 0.15) is 19.3 Å². The van der Waals surface area contributed by atoms with Gasteiger partial charge in [0.15, 0.2) is 0 Å². The maximum atomic E-state index is 5.88. The number of hydrogen-bond acceptors (Lipinski definition) is 6. The Morgan fingerprint density at radius 2 is 2.00 bits per heavy atom. The lowest BCUT2D eigenvalue weighted by atomic mass is 10.2. The van der Waals surface area contributed by atoms with Gasteiger partial charge in [0.1, 0.15) is 6.10 Å². The average molecular weight is 245 g/mol. The van der Waals surface area contributed by atoms with Crippen molar-refractivity contribution in [2.24, 2.45) is 5.73 Å². The third-order valence-corrected chi connectivity index (χ3v) is 2.68. The van der Waals surface area contributed by atoms with E-state index in [2.05, 4.69) is 15.0 Å². The summed E-state index contributed by atoms with van der Waals surface area (Å²) in [6, 6.07) is 0.335. The molecule has 16 heavy (non-hydrogen) atoms. The van der Waals surface area contributed by atoms with E-state index in [1.165, 1.54) is 7.11 Å². The fourth-order valence-electron chi connectivity index (χ4n) is 1.70. The zero-order valence-electron chi connectivity index (χ0n) is 8.89. The lowest BCUT2D eigenvalue weighted by Gasteiger charge is -2.16. The number of ether oxygens (including phenoxy) is 2. The van der Waals surface area contributed by atoms with Crippen LogP contribution in [-0.2, 0) is 0 Å². The van der Waals surface area contributed by atoms with Gasteiger partial charge in [-0.3, -0.25) is 0 Å². The highest BCUT2D eigenvalue weighted by Gasteiger charge is 2.26. The summed E-state index contributed by atoms with van der Waals surface area (Å²) >= 11 is 5.70. The number of methoxy groups -OCH3 is 1. The van der Waals surface area contributed by atoms with Gasteiger partial charge in [-0.1, -0.05) is 0 Å². The van der Waals surface area contributed by atoms with E-state index in [4.69, 9.17) is 26.8 Å². The highest BCUT2D eigenvalue weighted by atomic mass is 35.5. The van der Waals surface area contributed by atoms with Crippen LogP contribution < -0.4 is 15.2 Å². The maximum absolute atomic E-state index is 5.88. The summed E-state index contributed by atoms with van der Waals surface area (Å²) in [6.07, 6.45) is 2.87. The maximum Gasteiger partial charge on any atom is 0.324 e. The van der Waals surface area contributed by atoms with E-state index in [-0.39, 0.29) is 29.5 Å². The van der Waals surface area contributed by atoms with Crippen molar-refractivity contribution in [3.63, 3.8) is 0 Å². The van der Waals surface area contributed by atoms with E-state index >= 15 is 0 Å². The molecule has 2 rings (SSSR count). The number of nitrogens with two attached hydrogens (primary N) is 1. The minimum Gasteiger partial charge on any atom is -0.467 e. The molecule has 2 N–H and O–H groups in total. The van der Waals surface area contributed by atoms with Crippen molar-refractivity contribution in [3.05, 3.63) is 5.28 Å². The van der Waals surface area contributed by atoms with Crippen LogP contribution in [-0.4, -0.2) is 34.2 Å². The van der Waals surface area contributed by atoms with Crippen LogP contribution in [0.15, 0.2) is 0 Å². The van der Waals surface area contributed by atoms with Crippen molar-refractivity contribution >= 4 is 11.6 Å². The Labute approximate surface area is 98.1 Å². The minimum atomic E-state index is -0.0526. The predicted molar refractivity (Wildman–Crippen MR) is 57.6 cm³/mol. The van der Waals surface area contributed by atoms with Crippen LogP contribution in [0.2, 0.25) is 5.28 Å². The van der Waals surface area contributed by atoms with Crippen LogP contribution in [0.4, 0.5) is 0 Å². The van der Waals surface area contributed by atoms with Gasteiger partial charge in [0.25, 0.3) is 0 Å². The summed E-state index contributed by atoms with van der Waals surface area (Å²) in [6.45, 7) is 0. The molecule has 1 aromatic heterocycles. The molecule has 0 aromatic carbocycles. The van der Waals surface area contributed by atoms with E-state index in [0.29, 0.717) is 0 Å². The first-order valence-corrected chi connectivity index (χ1v) is 5.44. The molecule has 1 saturated carbocycles. The number of halogens is 1. The van der Waals surface area contributed by atoms with Gasteiger partial charge in [-0.25, -0.2) is 0 Å². The molecule has 0 spiro atoms. The number of nitrogens with zero attached hydrogens (tertiary/aromatic N) is 3. The van der Waals surface area contributed by atoms with Gasteiger partial charge in [0.2, 0.25) is 5.28 Å². The highest BCUT2D eigenvalue weighted by molar-refractivity contribution is 6.28. The largest absolute Gasteiger partial charge is 0.467 e. The topological polar surface area (TPSA) is 83.2 Å². The van der Waals surface area contributed by atoms with E-state index in [1.807, 2.05) is 0 Å². The van der Waals surface area contributed by atoms with Gasteiger partial charge in [-0.2, -0.15) is 9.97 Å². The Balaban J connectivity index is 2.11. The van der Waals surface area contributed by atoms with Gasteiger partial charge in [-0.05, 0) is 30.9 Å². The Hall–Kier alpha value is -1.14. The first-order valence-electron chi connectivity index (χ1n) is 5.07. The minimum absolute atomic E-state index is 0.0292. The number of hydrogen-bond donors (Lipinski definition) is 1. The molecule has 1 aromatic rings. The zero-order chi connectivity index (χ0) is 11.5. The summed E-state index contributed by atoms with van der Waals surface area (Å²) < 4.78 is 10.4. The van der Waals surface area contributed by atoms with Crippen molar-refractivity contribution < 1.29 is 9.47 Å². The number of rotatable bonds is 3. The Morgan fingerprint density at radius 3 is 2.62 bits per heavy atom. The smallest absolute Gasteiger partial charge is 0.324 e. The van der Waals surface area contributed by atoms with Crippen LogP contribution in [0.5, 0.6) is 12.0 Å². The number of aromatic nitrogens is 3. The molecule has 0 amide bonds. The fraction of sp³-hybridized carbons (Fsp3) is 0.667. The second kappa shape index (κ2) is 4.80. The predicted octanol–water partition coefficient (Wildman–Crippen LogP) is 0.792. The second-order valence-corrected chi connectivity index (χ2v) is 3.96. The second-order valence-electron chi connectivity index (χ2n) is 3.62. The van der Waals surface area contributed by atoms with E-state index < -0.39 is 0 Å². The lowest BCUT2D eigenvalue weighted by Crippen LogP contribution is -2.34. The van der Waals surface area contributed by atoms with E-state index in [0.717, 1.165) is 19.3 Å². The lowest BCUT2D eigenvalue weighted by molar-refractivity contribution is 0.172. The van der Waals surface area contributed by atoms with Crippen molar-refractivity contribution in [2.45, 2.75) is 31.4 Å². The van der Waals surface area contributed by atoms with Crippen molar-refractivity contribution in [1.29, 1.82) is 0 Å². The van der Waals surface area contributed by atoms with Gasteiger partial charge in [-0.15, -0.1) is 4.98 Å². The molecule has 0 saturated heterocycles. The van der Waals surface area contributed by atoms with Gasteiger partial charge in [0.05, 0.1) is 7.11 Å². The Morgan fingerprint density at radius 1 is 1.25 bits per heavy atom. The molecule has 2 atom stereocenters. The molecular formula is C9H13ClN4O2. The van der Waals surface area contributed by atoms with Gasteiger partial charge < -0.3 is 15.2 Å². The SMILES string of the molecule is COc1nc(Cl)nc(OC2CCCC2N)n1. The third-order valence-electron chi connectivity index (χ3n) is 2.51. The summed E-state index contributed by atoms with van der Waals surface area (Å²) in [4.78, 5) is 11.6. The molecule has 0 aliphatic heterocycles. The fourth-order valence-corrected chi connectivity index (χ4v) is 1.84. The standard InChI is InChI=1S/C9H13ClN4O2/c1-15-8-12-7(10)13-9(14-8)16-6-4-2-3-5(6)11/h5-6H,2-4,11H2,1H3. The van der Waals surface area contributed by atoms with Crippen LogP contribution >= 0.6 is 11.6 Å². The molecule has 1 aliphatic carbocycles. The molecule has 0 radical (unpaired) electrons. The molecular weight excluding hydrogens is 232 g/mol. The highest BCUT2D eigenvalue weighted by Crippen LogP contribution is 2.22. The summed E-state index contributed by atoms with van der Waals surface area (Å²) in [7, 11) is 1.46. The monoisotopic (exact) mass is 244 g/mol. The normalized spacial score (nSPS) is 24.4. The molecule has 1 aliphatic rings. The quantitative estimate of drug-likeness (QED) is 0.847.